The maximum Gasteiger partial charge on any atom is 0.416 e. The number of anilines is 1. The summed E-state index contributed by atoms with van der Waals surface area (Å²) in [5, 5.41) is 6.92. The zero-order valence-electron chi connectivity index (χ0n) is 15.6. The highest BCUT2D eigenvalue weighted by molar-refractivity contribution is 6.04. The van der Waals surface area contributed by atoms with Crippen molar-refractivity contribution in [2.75, 3.05) is 12.4 Å². The number of hydrogen-bond acceptors (Lipinski definition) is 4. The van der Waals surface area contributed by atoms with Gasteiger partial charge in [-0.25, -0.2) is 9.50 Å². The van der Waals surface area contributed by atoms with Crippen LogP contribution in [0.2, 0.25) is 0 Å². The normalized spacial score (nSPS) is 11.5. The highest BCUT2D eigenvalue weighted by Gasteiger charge is 2.30. The van der Waals surface area contributed by atoms with Gasteiger partial charge in [-0.05, 0) is 42.5 Å². The monoisotopic (exact) mass is 412 g/mol. The molecule has 0 aliphatic heterocycles. The van der Waals surface area contributed by atoms with Crippen LogP contribution in [-0.4, -0.2) is 27.6 Å². The van der Waals surface area contributed by atoms with Gasteiger partial charge in [0.15, 0.2) is 5.65 Å². The van der Waals surface area contributed by atoms with Crippen LogP contribution in [0.1, 0.15) is 15.9 Å². The van der Waals surface area contributed by atoms with E-state index < -0.39 is 17.6 Å². The molecule has 2 aromatic carbocycles. The van der Waals surface area contributed by atoms with Crippen LogP contribution in [0.3, 0.4) is 0 Å². The fourth-order valence-corrected chi connectivity index (χ4v) is 2.85. The molecular weight excluding hydrogens is 397 g/mol. The van der Waals surface area contributed by atoms with Gasteiger partial charge in [0.05, 0.1) is 24.6 Å². The second-order valence-electron chi connectivity index (χ2n) is 6.41. The van der Waals surface area contributed by atoms with E-state index in [1.165, 1.54) is 7.11 Å². The number of hydrogen-bond donors (Lipinski definition) is 1. The number of fused-ring (bicyclic) bond motifs is 1. The van der Waals surface area contributed by atoms with Gasteiger partial charge in [-0.2, -0.15) is 13.2 Å². The molecule has 1 N–H and O–H groups in total. The van der Waals surface area contributed by atoms with Crippen LogP contribution in [-0.2, 0) is 6.18 Å². The van der Waals surface area contributed by atoms with Gasteiger partial charge in [0.25, 0.3) is 5.91 Å². The molecule has 4 rings (SSSR count). The third-order valence-corrected chi connectivity index (χ3v) is 4.42. The highest BCUT2D eigenvalue weighted by atomic mass is 19.4. The number of rotatable bonds is 4. The van der Waals surface area contributed by atoms with Gasteiger partial charge >= 0.3 is 6.18 Å². The van der Waals surface area contributed by atoms with E-state index in [0.29, 0.717) is 22.9 Å². The third kappa shape index (κ3) is 3.95. The lowest BCUT2D eigenvalue weighted by Crippen LogP contribution is -2.12. The van der Waals surface area contributed by atoms with E-state index in [1.54, 1.807) is 47.1 Å². The standard InChI is InChI=1S/C21H15F3N4O2/c1-30-19-11-10-18-26-17(12-28(18)27-19)13-4-8-16(9-5-13)25-20(29)14-2-6-15(7-3-14)21(22,23)24/h2-12H,1H3,(H,25,29). The zero-order valence-corrected chi connectivity index (χ0v) is 15.6. The van der Waals surface area contributed by atoms with Gasteiger partial charge in [-0.1, -0.05) is 12.1 Å². The first kappa shape index (κ1) is 19.4. The van der Waals surface area contributed by atoms with E-state index in [0.717, 1.165) is 29.8 Å². The first-order valence-electron chi connectivity index (χ1n) is 8.83. The molecule has 6 nitrogen and oxygen atoms in total. The Hall–Kier alpha value is -3.88. The Morgan fingerprint density at radius 1 is 1.00 bits per heavy atom. The molecule has 0 radical (unpaired) electrons. The summed E-state index contributed by atoms with van der Waals surface area (Å²) in [5.41, 5.74) is 2.00. The lowest BCUT2D eigenvalue weighted by atomic mass is 10.1. The number of aromatic nitrogens is 3. The molecule has 2 heterocycles. The van der Waals surface area contributed by atoms with Gasteiger partial charge in [0.1, 0.15) is 0 Å². The molecule has 0 atom stereocenters. The Morgan fingerprint density at radius 3 is 2.33 bits per heavy atom. The minimum absolute atomic E-state index is 0.132. The lowest BCUT2D eigenvalue weighted by Gasteiger charge is -2.08. The molecule has 0 aliphatic carbocycles. The van der Waals surface area contributed by atoms with Crippen molar-refractivity contribution in [3.05, 3.63) is 78.0 Å². The number of ether oxygens (including phenoxy) is 1. The van der Waals surface area contributed by atoms with Crippen molar-refractivity contribution >= 4 is 17.2 Å². The Balaban J connectivity index is 1.49. The summed E-state index contributed by atoms with van der Waals surface area (Å²) in [6.07, 6.45) is -2.68. The van der Waals surface area contributed by atoms with Crippen molar-refractivity contribution in [1.82, 2.24) is 14.6 Å². The molecule has 152 valence electrons. The van der Waals surface area contributed by atoms with Crippen molar-refractivity contribution in [2.45, 2.75) is 6.18 Å². The average molecular weight is 412 g/mol. The first-order chi connectivity index (χ1) is 14.3. The van der Waals surface area contributed by atoms with Crippen molar-refractivity contribution < 1.29 is 22.7 Å². The fraction of sp³-hybridized carbons (Fsp3) is 0.0952. The summed E-state index contributed by atoms with van der Waals surface area (Å²) < 4.78 is 44.6. The minimum Gasteiger partial charge on any atom is -0.480 e. The SMILES string of the molecule is COc1ccc2nc(-c3ccc(NC(=O)c4ccc(C(F)(F)F)cc4)cc3)cn2n1. The molecule has 1 amide bonds. The Bertz CT molecular complexity index is 1200. The molecule has 0 spiro atoms. The minimum atomic E-state index is -4.44. The zero-order chi connectivity index (χ0) is 21.3. The number of alkyl halides is 3. The largest absolute Gasteiger partial charge is 0.480 e. The van der Waals surface area contributed by atoms with E-state index in [2.05, 4.69) is 15.4 Å². The summed E-state index contributed by atoms with van der Waals surface area (Å²) in [6, 6.07) is 14.5. The second-order valence-corrected chi connectivity index (χ2v) is 6.41. The molecule has 0 saturated heterocycles. The molecule has 0 unspecified atom stereocenters. The van der Waals surface area contributed by atoms with Crippen LogP contribution in [0.15, 0.2) is 66.9 Å². The number of methoxy groups -OCH3 is 1. The van der Waals surface area contributed by atoms with Gasteiger partial charge in [0.2, 0.25) is 5.88 Å². The average Bonchev–Trinajstić information content (AvgIpc) is 3.17. The van der Waals surface area contributed by atoms with E-state index in [-0.39, 0.29) is 5.56 Å². The quantitative estimate of drug-likeness (QED) is 0.529. The smallest absolute Gasteiger partial charge is 0.416 e. The van der Waals surface area contributed by atoms with Crippen LogP contribution in [0.25, 0.3) is 16.9 Å². The van der Waals surface area contributed by atoms with Crippen LogP contribution >= 0.6 is 0 Å². The van der Waals surface area contributed by atoms with Crippen LogP contribution in [0.4, 0.5) is 18.9 Å². The number of imidazole rings is 1. The van der Waals surface area contributed by atoms with E-state index in [4.69, 9.17) is 4.74 Å². The van der Waals surface area contributed by atoms with Crippen LogP contribution < -0.4 is 10.1 Å². The van der Waals surface area contributed by atoms with Gasteiger partial charge in [-0.15, -0.1) is 5.10 Å². The van der Waals surface area contributed by atoms with Gasteiger partial charge in [0, 0.05) is 22.9 Å². The number of benzene rings is 2. The van der Waals surface area contributed by atoms with Crippen molar-refractivity contribution in [3.8, 4) is 17.1 Å². The molecule has 4 aromatic rings. The molecular formula is C21H15F3N4O2. The Labute approximate surface area is 168 Å². The number of amides is 1. The van der Waals surface area contributed by atoms with Crippen molar-refractivity contribution in [1.29, 1.82) is 0 Å². The number of halogens is 3. The molecule has 0 aliphatic rings. The van der Waals surface area contributed by atoms with Crippen molar-refractivity contribution in [3.63, 3.8) is 0 Å². The van der Waals surface area contributed by atoms with Crippen LogP contribution in [0, 0.1) is 0 Å². The summed E-state index contributed by atoms with van der Waals surface area (Å²) in [6.45, 7) is 0. The summed E-state index contributed by atoms with van der Waals surface area (Å²) in [7, 11) is 1.53. The van der Waals surface area contributed by atoms with Gasteiger partial charge < -0.3 is 10.1 Å². The van der Waals surface area contributed by atoms with E-state index in [9.17, 15) is 18.0 Å². The lowest BCUT2D eigenvalue weighted by molar-refractivity contribution is -0.137. The summed E-state index contributed by atoms with van der Waals surface area (Å²) in [4.78, 5) is 16.8. The molecule has 30 heavy (non-hydrogen) atoms. The second kappa shape index (κ2) is 7.51. The number of carbonyl (C=O) groups is 1. The highest BCUT2D eigenvalue weighted by Crippen LogP contribution is 2.29. The third-order valence-electron chi connectivity index (χ3n) is 4.42. The van der Waals surface area contributed by atoms with Crippen molar-refractivity contribution in [2.24, 2.45) is 0 Å². The maximum atomic E-state index is 12.6. The number of nitrogens with one attached hydrogen (secondary N) is 1. The number of carbonyl (C=O) groups excluding carboxylic acids is 1. The van der Waals surface area contributed by atoms with E-state index >= 15 is 0 Å². The van der Waals surface area contributed by atoms with Gasteiger partial charge in [-0.3, -0.25) is 4.79 Å². The predicted octanol–water partition coefficient (Wildman–Crippen LogP) is 4.68. The summed E-state index contributed by atoms with van der Waals surface area (Å²) in [5.74, 6) is -0.0340. The number of nitrogens with zero attached hydrogens (tertiary/aromatic N) is 3. The Kier molecular flexibility index (Phi) is 4.86. The maximum absolute atomic E-state index is 12.6. The predicted molar refractivity (Wildman–Crippen MR) is 104 cm³/mol. The summed E-state index contributed by atoms with van der Waals surface area (Å²) >= 11 is 0. The topological polar surface area (TPSA) is 68.5 Å². The molecule has 0 bridgehead atoms. The molecule has 9 heteroatoms. The molecule has 0 saturated carbocycles. The van der Waals surface area contributed by atoms with Crippen LogP contribution in [0.5, 0.6) is 5.88 Å². The fourth-order valence-electron chi connectivity index (χ4n) is 2.85. The molecule has 0 fully saturated rings. The molecule has 2 aromatic heterocycles. The Morgan fingerprint density at radius 2 is 1.70 bits per heavy atom. The first-order valence-corrected chi connectivity index (χ1v) is 8.83. The van der Waals surface area contributed by atoms with E-state index in [1.807, 2.05) is 0 Å².